The molecule has 0 fully saturated rings. The van der Waals surface area contributed by atoms with Gasteiger partial charge in [0.05, 0.1) is 0 Å². The van der Waals surface area contributed by atoms with Gasteiger partial charge in [-0.25, -0.2) is 0 Å². The topological polar surface area (TPSA) is 33.0 Å². The van der Waals surface area contributed by atoms with Gasteiger partial charge in [-0.2, -0.15) is 0 Å². The summed E-state index contributed by atoms with van der Waals surface area (Å²) in [5.41, 5.74) is 3.44. The highest BCUT2D eigenvalue weighted by Gasteiger charge is 2.03. The first-order chi connectivity index (χ1) is 5.66. The van der Waals surface area contributed by atoms with Crippen LogP contribution >= 0.6 is 0 Å². The first-order valence-electron chi connectivity index (χ1n) is 3.79. The minimum Gasteiger partial charge on any atom is -0.388 e. The van der Waals surface area contributed by atoms with E-state index in [1.54, 1.807) is 6.26 Å². The van der Waals surface area contributed by atoms with E-state index in [0.717, 1.165) is 5.56 Å². The fourth-order valence-corrected chi connectivity index (χ4v) is 1.09. The Bertz CT molecular complexity index is 336. The molecule has 0 atom stereocenters. The monoisotopic (exact) mass is 161 g/mol. The average Bonchev–Trinajstić information content (AvgIpc) is 2.07. The molecule has 0 aliphatic rings. The van der Waals surface area contributed by atoms with Gasteiger partial charge in [-0.1, -0.05) is 6.07 Å². The third kappa shape index (κ3) is 1.40. The average molecular weight is 161 g/mol. The second-order valence-electron chi connectivity index (χ2n) is 2.82. The van der Waals surface area contributed by atoms with Crippen molar-refractivity contribution in [2.45, 2.75) is 20.8 Å². The summed E-state index contributed by atoms with van der Waals surface area (Å²) in [6.07, 6.45) is 1.67. The molecule has 0 saturated carbocycles. The first-order valence-corrected chi connectivity index (χ1v) is 3.79. The summed E-state index contributed by atoms with van der Waals surface area (Å²) in [4.78, 5) is 0. The number of ether oxygens (including phenoxy) is 1. The van der Waals surface area contributed by atoms with Gasteiger partial charge in [-0.15, -0.1) is 5.26 Å². The number of nitrogens with zero attached hydrogens (tertiary/aromatic N) is 1. The van der Waals surface area contributed by atoms with E-state index in [2.05, 4.69) is 0 Å². The van der Waals surface area contributed by atoms with Gasteiger partial charge in [0.2, 0.25) is 0 Å². The summed E-state index contributed by atoms with van der Waals surface area (Å²) < 4.78 is 4.78. The van der Waals surface area contributed by atoms with E-state index in [9.17, 15) is 0 Å². The van der Waals surface area contributed by atoms with E-state index >= 15 is 0 Å². The van der Waals surface area contributed by atoms with Crippen LogP contribution in [0.5, 0.6) is 5.75 Å². The van der Waals surface area contributed by atoms with Crippen molar-refractivity contribution in [3.05, 3.63) is 28.8 Å². The van der Waals surface area contributed by atoms with Crippen LogP contribution in [0.3, 0.4) is 0 Å². The molecule has 2 heteroatoms. The minimum absolute atomic E-state index is 0.653. The zero-order chi connectivity index (χ0) is 9.14. The molecule has 0 spiro atoms. The molecule has 0 aromatic heterocycles. The van der Waals surface area contributed by atoms with Crippen LogP contribution in [0, 0.1) is 32.3 Å². The maximum Gasteiger partial charge on any atom is 0.292 e. The van der Waals surface area contributed by atoms with Crippen molar-refractivity contribution in [3.63, 3.8) is 0 Å². The van der Waals surface area contributed by atoms with Crippen LogP contribution < -0.4 is 4.74 Å². The zero-order valence-corrected chi connectivity index (χ0v) is 7.51. The Kier molecular flexibility index (Phi) is 2.35. The van der Waals surface area contributed by atoms with Crippen LogP contribution in [0.2, 0.25) is 0 Å². The fourth-order valence-electron chi connectivity index (χ4n) is 1.09. The van der Waals surface area contributed by atoms with Crippen molar-refractivity contribution in [3.8, 4) is 12.0 Å². The highest BCUT2D eigenvalue weighted by atomic mass is 16.5. The summed E-state index contributed by atoms with van der Waals surface area (Å²) in [5, 5.41) is 8.33. The van der Waals surface area contributed by atoms with Gasteiger partial charge in [0, 0.05) is 0 Å². The van der Waals surface area contributed by atoms with Gasteiger partial charge in [-0.3, -0.25) is 0 Å². The molecule has 12 heavy (non-hydrogen) atoms. The number of nitriles is 1. The van der Waals surface area contributed by atoms with Crippen molar-refractivity contribution in [1.82, 2.24) is 0 Å². The first kappa shape index (κ1) is 8.61. The van der Waals surface area contributed by atoms with Crippen LogP contribution in [0.1, 0.15) is 16.7 Å². The van der Waals surface area contributed by atoms with E-state index in [1.165, 1.54) is 11.1 Å². The lowest BCUT2D eigenvalue weighted by molar-refractivity contribution is 0.502. The zero-order valence-electron chi connectivity index (χ0n) is 7.51. The van der Waals surface area contributed by atoms with Crippen molar-refractivity contribution in [2.24, 2.45) is 0 Å². The second kappa shape index (κ2) is 3.27. The number of benzene rings is 1. The Hall–Kier alpha value is -1.49. The van der Waals surface area contributed by atoms with Gasteiger partial charge in [0.25, 0.3) is 6.26 Å². The lowest BCUT2D eigenvalue weighted by Crippen LogP contribution is -1.91. The summed E-state index contributed by atoms with van der Waals surface area (Å²) in [7, 11) is 0. The van der Waals surface area contributed by atoms with E-state index in [4.69, 9.17) is 10.00 Å². The maximum absolute atomic E-state index is 8.33. The number of hydrogen-bond acceptors (Lipinski definition) is 2. The highest BCUT2D eigenvalue weighted by molar-refractivity contribution is 5.43. The molecule has 0 unspecified atom stereocenters. The summed E-state index contributed by atoms with van der Waals surface area (Å²) in [6.45, 7) is 6.02. The van der Waals surface area contributed by atoms with Crippen molar-refractivity contribution in [2.75, 3.05) is 0 Å². The molecule has 1 aromatic carbocycles. The molecule has 0 amide bonds. The molecule has 0 N–H and O–H groups in total. The van der Waals surface area contributed by atoms with Gasteiger partial charge >= 0.3 is 0 Å². The number of hydrogen-bond donors (Lipinski definition) is 0. The van der Waals surface area contributed by atoms with Crippen LogP contribution in [-0.2, 0) is 0 Å². The Morgan fingerprint density at radius 2 is 1.83 bits per heavy atom. The molecule has 0 bridgehead atoms. The van der Waals surface area contributed by atoms with E-state index in [-0.39, 0.29) is 0 Å². The van der Waals surface area contributed by atoms with Gasteiger partial charge in [0.1, 0.15) is 5.75 Å². The molecule has 0 heterocycles. The molecule has 1 rings (SSSR count). The lowest BCUT2D eigenvalue weighted by Gasteiger charge is -2.07. The van der Waals surface area contributed by atoms with E-state index < -0.39 is 0 Å². The standard InChI is InChI=1S/C10H11NO/c1-7-4-5-10(12-6-11)9(3)8(7)2/h4-5H,1-3H3. The Labute approximate surface area is 72.4 Å². The Morgan fingerprint density at radius 1 is 1.17 bits per heavy atom. The summed E-state index contributed by atoms with van der Waals surface area (Å²) >= 11 is 0. The van der Waals surface area contributed by atoms with Crippen molar-refractivity contribution < 1.29 is 4.74 Å². The molecule has 0 radical (unpaired) electrons. The van der Waals surface area contributed by atoms with Crippen LogP contribution in [0.25, 0.3) is 0 Å². The number of aryl methyl sites for hydroxylation is 1. The summed E-state index contributed by atoms with van der Waals surface area (Å²) in [6, 6.07) is 3.77. The SMILES string of the molecule is Cc1ccc(OC#N)c(C)c1C. The Morgan fingerprint density at radius 3 is 2.42 bits per heavy atom. The largest absolute Gasteiger partial charge is 0.388 e. The van der Waals surface area contributed by atoms with Crippen molar-refractivity contribution >= 4 is 0 Å². The molecule has 2 nitrogen and oxygen atoms in total. The quantitative estimate of drug-likeness (QED) is 0.593. The number of rotatable bonds is 1. The minimum atomic E-state index is 0.653. The summed E-state index contributed by atoms with van der Waals surface area (Å²) in [5.74, 6) is 0.653. The van der Waals surface area contributed by atoms with Crippen LogP contribution in [-0.4, -0.2) is 0 Å². The fraction of sp³-hybridized carbons (Fsp3) is 0.300. The Balaban J connectivity index is 3.19. The second-order valence-corrected chi connectivity index (χ2v) is 2.82. The maximum atomic E-state index is 8.33. The van der Waals surface area contributed by atoms with Gasteiger partial charge in [0.15, 0.2) is 0 Å². The predicted octanol–water partition coefficient (Wildman–Crippen LogP) is 2.47. The molecule has 1 aromatic rings. The molecule has 0 aliphatic heterocycles. The van der Waals surface area contributed by atoms with E-state index in [0.29, 0.717) is 5.75 Å². The van der Waals surface area contributed by atoms with E-state index in [1.807, 2.05) is 32.9 Å². The van der Waals surface area contributed by atoms with Crippen molar-refractivity contribution in [1.29, 1.82) is 5.26 Å². The molecule has 0 saturated heterocycles. The highest BCUT2D eigenvalue weighted by Crippen LogP contribution is 2.23. The van der Waals surface area contributed by atoms with Crippen LogP contribution in [0.4, 0.5) is 0 Å². The van der Waals surface area contributed by atoms with Gasteiger partial charge in [-0.05, 0) is 43.5 Å². The predicted molar refractivity (Wildman–Crippen MR) is 46.9 cm³/mol. The van der Waals surface area contributed by atoms with Crippen LogP contribution in [0.15, 0.2) is 12.1 Å². The third-order valence-electron chi connectivity index (χ3n) is 2.16. The molecular formula is C10H11NO. The lowest BCUT2D eigenvalue weighted by atomic mass is 10.0. The molecular weight excluding hydrogens is 150 g/mol. The molecule has 62 valence electrons. The smallest absolute Gasteiger partial charge is 0.292 e. The molecule has 0 aliphatic carbocycles. The normalized spacial score (nSPS) is 9.17. The third-order valence-corrected chi connectivity index (χ3v) is 2.16. The van der Waals surface area contributed by atoms with Gasteiger partial charge < -0.3 is 4.74 Å².